The second-order valence-electron chi connectivity index (χ2n) is 20.6. The van der Waals surface area contributed by atoms with Crippen LogP contribution in [0.1, 0.15) is 136 Å². The van der Waals surface area contributed by atoms with Crippen molar-refractivity contribution >= 4 is 0 Å². The highest BCUT2D eigenvalue weighted by Gasteiger charge is 2.52. The Kier molecular flexibility index (Phi) is 13.2. The van der Waals surface area contributed by atoms with E-state index in [1.54, 1.807) is 0 Å². The van der Waals surface area contributed by atoms with E-state index >= 15 is 0 Å². The highest BCUT2D eigenvalue weighted by molar-refractivity contribution is 5.95. The Bertz CT molecular complexity index is 2550. The van der Waals surface area contributed by atoms with Crippen LogP contribution in [-0.4, -0.2) is 0 Å². The quantitative estimate of drug-likeness (QED) is 0.143. The van der Waals surface area contributed by atoms with Gasteiger partial charge < -0.3 is 0 Å². The Balaban J connectivity index is 0.000000191. The first-order valence-corrected chi connectivity index (χ1v) is 22.7. The fourth-order valence-electron chi connectivity index (χ4n) is 9.02. The zero-order valence-corrected chi connectivity index (χ0v) is 41.1. The molecule has 9 rings (SSSR count). The van der Waals surface area contributed by atoms with Gasteiger partial charge in [0.15, 0.2) is 0 Å². The first kappa shape index (κ1) is 46.1. The maximum Gasteiger partial charge on any atom is 0.0725 e. The van der Waals surface area contributed by atoms with Gasteiger partial charge in [0.1, 0.15) is 0 Å². The molecule has 0 nitrogen and oxygen atoms in total. The number of fused-ring (bicyclic) bond motifs is 10. The Labute approximate surface area is 376 Å². The molecule has 0 aliphatic heterocycles. The number of aryl methyl sites for hydroxylation is 11. The minimum absolute atomic E-state index is 0.0883. The van der Waals surface area contributed by atoms with E-state index in [0.717, 1.165) is 0 Å². The van der Waals surface area contributed by atoms with Crippen molar-refractivity contribution in [1.82, 2.24) is 0 Å². The summed E-state index contributed by atoms with van der Waals surface area (Å²) in [6.45, 7) is 37.6. The van der Waals surface area contributed by atoms with Crippen molar-refractivity contribution in [3.05, 3.63) is 222 Å². The van der Waals surface area contributed by atoms with Gasteiger partial charge in [-0.05, 0) is 176 Å². The molecule has 320 valence electrons. The number of hydrogen-bond acceptors (Lipinski definition) is 0. The van der Waals surface area contributed by atoms with Gasteiger partial charge in [-0.1, -0.05) is 197 Å². The van der Waals surface area contributed by atoms with E-state index in [1.165, 1.54) is 117 Å². The lowest BCUT2D eigenvalue weighted by Gasteiger charge is -2.33. The van der Waals surface area contributed by atoms with Crippen molar-refractivity contribution in [2.45, 2.75) is 134 Å². The van der Waals surface area contributed by atoms with E-state index in [1.807, 2.05) is 0 Å². The Morgan fingerprint density at radius 2 is 0.532 bits per heavy atom. The molecule has 0 radical (unpaired) electrons. The van der Waals surface area contributed by atoms with Crippen LogP contribution in [-0.2, 0) is 16.2 Å². The summed E-state index contributed by atoms with van der Waals surface area (Å²) < 4.78 is 0. The molecule has 0 N–H and O–H groups in total. The number of hydrogen-bond donors (Lipinski definition) is 0. The molecule has 0 heterocycles. The van der Waals surface area contributed by atoms with E-state index in [4.69, 9.17) is 0 Å². The standard InChI is InChI=1S/C35H36.C10H14.C9H12.C8H10/c1-21-9-13-25-26-14-10-22(2)18-30(26)35(29(25)17-21)31-19-23(33(3,4)5)11-15-27(31)28-16-12-24(20-32(28)35)34(6,7)8;1-7-5-9(3)10(4)6-8(7)2;1-7-4-5-8(2)9(3)6-7;1-7-3-5-8(2)6-4-7/h9-20H,1-8H3;5-6H,1-4H3;4-6H,1-3H3;3-6H,1-2H3. The Morgan fingerprint density at radius 3 is 0.855 bits per heavy atom. The second kappa shape index (κ2) is 17.7. The minimum atomic E-state index is -0.282. The van der Waals surface area contributed by atoms with Crippen LogP contribution in [0.15, 0.2) is 127 Å². The van der Waals surface area contributed by atoms with Crippen molar-refractivity contribution in [2.24, 2.45) is 0 Å². The van der Waals surface area contributed by atoms with Crippen LogP contribution in [0.2, 0.25) is 0 Å². The smallest absolute Gasteiger partial charge is 0.0591 e. The van der Waals surface area contributed by atoms with Crippen molar-refractivity contribution in [3.63, 3.8) is 0 Å². The summed E-state index contributed by atoms with van der Waals surface area (Å²) in [6.07, 6.45) is 0. The van der Waals surface area contributed by atoms with E-state index in [0.29, 0.717) is 0 Å². The molecule has 7 aromatic carbocycles. The molecule has 0 amide bonds. The zero-order valence-electron chi connectivity index (χ0n) is 41.1. The van der Waals surface area contributed by atoms with E-state index in [-0.39, 0.29) is 16.2 Å². The molecular formula is C62H72. The van der Waals surface area contributed by atoms with Crippen LogP contribution >= 0.6 is 0 Å². The summed E-state index contributed by atoms with van der Waals surface area (Å²) in [5.74, 6) is 0. The summed E-state index contributed by atoms with van der Waals surface area (Å²) in [6, 6.07) is 48.2. The van der Waals surface area contributed by atoms with Gasteiger partial charge in [0.2, 0.25) is 0 Å². The molecule has 0 heteroatoms. The van der Waals surface area contributed by atoms with Gasteiger partial charge >= 0.3 is 0 Å². The van der Waals surface area contributed by atoms with Gasteiger partial charge in [-0.15, -0.1) is 0 Å². The minimum Gasteiger partial charge on any atom is -0.0591 e. The summed E-state index contributed by atoms with van der Waals surface area (Å²) in [5, 5.41) is 0. The Hall–Kier alpha value is -5.46. The zero-order chi connectivity index (χ0) is 45.5. The largest absolute Gasteiger partial charge is 0.0725 e. The molecule has 0 fully saturated rings. The summed E-state index contributed by atoms with van der Waals surface area (Å²) >= 11 is 0. The van der Waals surface area contributed by atoms with E-state index < -0.39 is 0 Å². The highest BCUT2D eigenvalue weighted by Crippen LogP contribution is 2.63. The molecule has 0 saturated carbocycles. The lowest BCUT2D eigenvalue weighted by molar-refractivity contribution is 0.586. The van der Waals surface area contributed by atoms with Crippen LogP contribution in [0.3, 0.4) is 0 Å². The van der Waals surface area contributed by atoms with Crippen LogP contribution < -0.4 is 0 Å². The average molecular weight is 817 g/mol. The molecule has 62 heavy (non-hydrogen) atoms. The van der Waals surface area contributed by atoms with Gasteiger partial charge in [0, 0.05) is 0 Å². The molecule has 0 bridgehead atoms. The molecule has 2 aliphatic rings. The normalized spacial score (nSPS) is 12.7. The Morgan fingerprint density at radius 1 is 0.258 bits per heavy atom. The number of benzene rings is 7. The molecule has 0 saturated heterocycles. The maximum absolute atomic E-state index is 2.52. The summed E-state index contributed by atoms with van der Waals surface area (Å²) in [7, 11) is 0. The molecule has 0 atom stereocenters. The van der Waals surface area contributed by atoms with Crippen molar-refractivity contribution in [2.75, 3.05) is 0 Å². The molecule has 2 aliphatic carbocycles. The molecule has 1 spiro atoms. The van der Waals surface area contributed by atoms with Gasteiger partial charge in [-0.25, -0.2) is 0 Å². The lowest BCUT2D eigenvalue weighted by Crippen LogP contribution is -2.27. The monoisotopic (exact) mass is 817 g/mol. The van der Waals surface area contributed by atoms with Gasteiger partial charge in [-0.3, -0.25) is 0 Å². The molecule has 0 unspecified atom stereocenters. The molecular weight excluding hydrogens is 745 g/mol. The SMILES string of the molecule is Cc1cc(C)c(C)cc1C.Cc1ccc(C)c(C)c1.Cc1ccc(C)cc1.Cc1ccc2c(c1)C1(c3cc(C)ccc3-2)c2cc(C(C)(C)C)ccc2-c2ccc(C(C)(C)C)cc21. The third kappa shape index (κ3) is 9.32. The summed E-state index contributed by atoms with van der Waals surface area (Å²) in [5.41, 5.74) is 29.0. The van der Waals surface area contributed by atoms with Gasteiger partial charge in [0.25, 0.3) is 0 Å². The first-order chi connectivity index (χ1) is 29.0. The van der Waals surface area contributed by atoms with E-state index in [9.17, 15) is 0 Å². The fraction of sp³-hybridized carbons (Fsp3) is 0.323. The van der Waals surface area contributed by atoms with Crippen LogP contribution in [0.25, 0.3) is 22.3 Å². The number of rotatable bonds is 0. The maximum atomic E-state index is 2.52. The third-order valence-corrected chi connectivity index (χ3v) is 13.3. The third-order valence-electron chi connectivity index (χ3n) is 13.3. The van der Waals surface area contributed by atoms with Crippen LogP contribution in [0.4, 0.5) is 0 Å². The van der Waals surface area contributed by atoms with Crippen LogP contribution in [0, 0.1) is 76.2 Å². The topological polar surface area (TPSA) is 0 Å². The fourth-order valence-corrected chi connectivity index (χ4v) is 9.02. The highest BCUT2D eigenvalue weighted by atomic mass is 14.5. The average Bonchev–Trinajstić information content (AvgIpc) is 3.65. The lowest BCUT2D eigenvalue weighted by atomic mass is 9.68. The van der Waals surface area contributed by atoms with Crippen molar-refractivity contribution < 1.29 is 0 Å². The predicted octanol–water partition coefficient (Wildman–Crippen LogP) is 17.1. The molecule has 7 aromatic rings. The predicted molar refractivity (Wildman–Crippen MR) is 272 cm³/mol. The second-order valence-corrected chi connectivity index (χ2v) is 20.6. The van der Waals surface area contributed by atoms with Crippen molar-refractivity contribution in [3.8, 4) is 22.3 Å². The molecule has 0 aromatic heterocycles. The van der Waals surface area contributed by atoms with E-state index in [2.05, 4.69) is 245 Å². The van der Waals surface area contributed by atoms with Gasteiger partial charge in [-0.2, -0.15) is 0 Å². The van der Waals surface area contributed by atoms with Crippen molar-refractivity contribution in [1.29, 1.82) is 0 Å². The van der Waals surface area contributed by atoms with Gasteiger partial charge in [0.05, 0.1) is 5.41 Å². The summed E-state index contributed by atoms with van der Waals surface area (Å²) in [4.78, 5) is 0. The van der Waals surface area contributed by atoms with Crippen LogP contribution in [0.5, 0.6) is 0 Å². The first-order valence-electron chi connectivity index (χ1n) is 22.7.